The van der Waals surface area contributed by atoms with Gasteiger partial charge >= 0.3 is 11.8 Å². The molecule has 1 aliphatic rings. The molecular weight excluding hydrogens is 238 g/mol. The molecule has 0 spiro atoms. The van der Waals surface area contributed by atoms with Crippen LogP contribution in [0.15, 0.2) is 22.0 Å². The maximum absolute atomic E-state index is 11.6. The number of piperidine rings is 1. The second kappa shape index (κ2) is 5.52. The molecule has 1 amide bonds. The summed E-state index contributed by atoms with van der Waals surface area (Å²) in [7, 11) is 0. The van der Waals surface area contributed by atoms with Gasteiger partial charge in [-0.05, 0) is 12.8 Å². The third kappa shape index (κ3) is 2.79. The summed E-state index contributed by atoms with van der Waals surface area (Å²) >= 11 is 0. The first-order valence-corrected chi connectivity index (χ1v) is 5.79. The number of ether oxygens (including phenoxy) is 1. The van der Waals surface area contributed by atoms with Gasteiger partial charge in [0.25, 0.3) is 0 Å². The van der Waals surface area contributed by atoms with E-state index in [0.717, 1.165) is 12.8 Å². The monoisotopic (exact) mass is 253 g/mol. The lowest BCUT2D eigenvalue weighted by molar-refractivity contribution is 0.101. The highest BCUT2D eigenvalue weighted by atomic mass is 16.6. The lowest BCUT2D eigenvalue weighted by Gasteiger charge is -2.29. The van der Waals surface area contributed by atoms with Crippen LogP contribution in [0.1, 0.15) is 24.6 Å². The van der Waals surface area contributed by atoms with Gasteiger partial charge < -0.3 is 9.64 Å². The van der Waals surface area contributed by atoms with E-state index in [0.29, 0.717) is 18.9 Å². The van der Waals surface area contributed by atoms with Crippen molar-refractivity contribution in [3.05, 3.63) is 29.0 Å². The lowest BCUT2D eigenvalue weighted by atomic mass is 9.96. The van der Waals surface area contributed by atoms with Gasteiger partial charge in [0.2, 0.25) is 0 Å². The van der Waals surface area contributed by atoms with Crippen LogP contribution in [-0.4, -0.2) is 40.8 Å². The topological polar surface area (TPSA) is 88.4 Å². The first-order valence-electron chi connectivity index (χ1n) is 5.79. The fourth-order valence-corrected chi connectivity index (χ4v) is 1.97. The van der Waals surface area contributed by atoms with Crippen LogP contribution in [0.4, 0.5) is 4.79 Å². The molecule has 7 nitrogen and oxygen atoms in total. The van der Waals surface area contributed by atoms with Gasteiger partial charge in [-0.15, -0.1) is 0 Å². The molecule has 0 aliphatic carbocycles. The molecule has 1 aromatic heterocycles. The molecule has 98 valence electrons. The van der Waals surface area contributed by atoms with E-state index in [9.17, 15) is 9.59 Å². The van der Waals surface area contributed by atoms with Gasteiger partial charge in [0.15, 0.2) is 5.82 Å². The van der Waals surface area contributed by atoms with E-state index in [-0.39, 0.29) is 18.6 Å². The van der Waals surface area contributed by atoms with E-state index in [4.69, 9.17) is 4.74 Å². The van der Waals surface area contributed by atoms with Crippen LogP contribution < -0.4 is 5.76 Å². The highest BCUT2D eigenvalue weighted by molar-refractivity contribution is 5.67. The fourth-order valence-electron chi connectivity index (χ4n) is 1.97. The van der Waals surface area contributed by atoms with E-state index in [1.54, 1.807) is 4.90 Å². The SMILES string of the molecule is C=CCOC(=O)N1CCC(c2noc(=O)[nH]2)CC1. The van der Waals surface area contributed by atoms with E-state index in [1.165, 1.54) is 6.08 Å². The highest BCUT2D eigenvalue weighted by Crippen LogP contribution is 2.24. The standard InChI is InChI=1S/C11H15N3O4/c1-2-7-17-11(16)14-5-3-8(4-6-14)9-12-10(15)18-13-9/h2,8H,1,3-7H2,(H,12,13,15). The summed E-state index contributed by atoms with van der Waals surface area (Å²) in [4.78, 5) is 26.6. The first-order chi connectivity index (χ1) is 8.70. The second-order valence-electron chi connectivity index (χ2n) is 4.11. The third-order valence-corrected chi connectivity index (χ3v) is 2.92. The Labute approximate surface area is 103 Å². The van der Waals surface area contributed by atoms with Crippen LogP contribution in [0.25, 0.3) is 0 Å². The molecule has 0 bridgehead atoms. The Kier molecular flexibility index (Phi) is 3.81. The summed E-state index contributed by atoms with van der Waals surface area (Å²) in [5.41, 5.74) is 0. The molecule has 2 rings (SSSR count). The zero-order valence-electron chi connectivity index (χ0n) is 9.92. The molecule has 0 unspecified atom stereocenters. The minimum Gasteiger partial charge on any atom is -0.445 e. The quantitative estimate of drug-likeness (QED) is 0.807. The van der Waals surface area contributed by atoms with Crippen molar-refractivity contribution in [2.45, 2.75) is 18.8 Å². The second-order valence-corrected chi connectivity index (χ2v) is 4.11. The zero-order chi connectivity index (χ0) is 13.0. The molecule has 0 aromatic carbocycles. The van der Waals surface area contributed by atoms with Crippen molar-refractivity contribution in [3.63, 3.8) is 0 Å². The summed E-state index contributed by atoms with van der Waals surface area (Å²) in [5, 5.41) is 3.67. The molecule has 1 fully saturated rings. The molecule has 1 N–H and O–H groups in total. The van der Waals surface area contributed by atoms with Crippen LogP contribution in [-0.2, 0) is 4.74 Å². The van der Waals surface area contributed by atoms with Gasteiger partial charge in [0.05, 0.1) is 0 Å². The number of aromatic amines is 1. The number of carbonyl (C=O) groups is 1. The normalized spacial score (nSPS) is 16.6. The maximum atomic E-state index is 11.6. The number of rotatable bonds is 3. The molecule has 1 aliphatic heterocycles. The minimum absolute atomic E-state index is 0.125. The highest BCUT2D eigenvalue weighted by Gasteiger charge is 2.26. The van der Waals surface area contributed by atoms with Crippen molar-refractivity contribution in [2.24, 2.45) is 0 Å². The predicted octanol–water partition coefficient (Wildman–Crippen LogP) is 0.865. The van der Waals surface area contributed by atoms with E-state index < -0.39 is 5.76 Å². The number of nitrogens with one attached hydrogen (secondary N) is 1. The number of nitrogens with zero attached hydrogens (tertiary/aromatic N) is 2. The van der Waals surface area contributed by atoms with Crippen LogP contribution in [0, 0.1) is 0 Å². The molecule has 1 saturated heterocycles. The lowest BCUT2D eigenvalue weighted by Crippen LogP contribution is -2.38. The van der Waals surface area contributed by atoms with Crippen molar-refractivity contribution in [2.75, 3.05) is 19.7 Å². The van der Waals surface area contributed by atoms with Crippen LogP contribution >= 0.6 is 0 Å². The maximum Gasteiger partial charge on any atom is 0.438 e. The summed E-state index contributed by atoms with van der Waals surface area (Å²) in [6.45, 7) is 4.86. The van der Waals surface area contributed by atoms with Crippen molar-refractivity contribution < 1.29 is 14.1 Å². The molecule has 7 heteroatoms. The smallest absolute Gasteiger partial charge is 0.438 e. The van der Waals surface area contributed by atoms with Crippen molar-refractivity contribution in [1.82, 2.24) is 15.0 Å². The summed E-state index contributed by atoms with van der Waals surface area (Å²) in [6.07, 6.45) is 2.66. The Morgan fingerprint density at radius 1 is 1.61 bits per heavy atom. The Morgan fingerprint density at radius 2 is 2.33 bits per heavy atom. The molecule has 18 heavy (non-hydrogen) atoms. The molecule has 0 radical (unpaired) electrons. The number of likely N-dealkylation sites (tertiary alicyclic amines) is 1. The molecule has 2 heterocycles. The summed E-state index contributed by atoms with van der Waals surface area (Å²) in [5.74, 6) is 0.136. The Hall–Kier alpha value is -2.05. The minimum atomic E-state index is -0.544. The number of H-pyrrole nitrogens is 1. The average Bonchev–Trinajstić information content (AvgIpc) is 2.83. The zero-order valence-corrected chi connectivity index (χ0v) is 9.92. The predicted molar refractivity (Wildman–Crippen MR) is 62.2 cm³/mol. The Morgan fingerprint density at radius 3 is 2.89 bits per heavy atom. The van der Waals surface area contributed by atoms with Gasteiger partial charge in [-0.3, -0.25) is 9.51 Å². The van der Waals surface area contributed by atoms with Crippen molar-refractivity contribution in [1.29, 1.82) is 0 Å². The first kappa shape index (κ1) is 12.4. The number of aromatic nitrogens is 2. The molecule has 0 atom stereocenters. The number of carbonyl (C=O) groups excluding carboxylic acids is 1. The van der Waals surface area contributed by atoms with Gasteiger partial charge in [-0.1, -0.05) is 17.8 Å². The van der Waals surface area contributed by atoms with Crippen LogP contribution in [0.2, 0.25) is 0 Å². The van der Waals surface area contributed by atoms with Gasteiger partial charge in [-0.2, -0.15) is 0 Å². The van der Waals surface area contributed by atoms with Crippen molar-refractivity contribution >= 4 is 6.09 Å². The van der Waals surface area contributed by atoms with E-state index in [1.807, 2.05) is 0 Å². The van der Waals surface area contributed by atoms with Gasteiger partial charge in [0.1, 0.15) is 6.61 Å². The van der Waals surface area contributed by atoms with E-state index >= 15 is 0 Å². The fraction of sp³-hybridized carbons (Fsp3) is 0.545. The number of amides is 1. The number of hydrogen-bond donors (Lipinski definition) is 1. The summed E-state index contributed by atoms with van der Waals surface area (Å²) in [6, 6.07) is 0. The van der Waals surface area contributed by atoms with Crippen LogP contribution in [0.3, 0.4) is 0 Å². The average molecular weight is 253 g/mol. The van der Waals surface area contributed by atoms with Crippen LogP contribution in [0.5, 0.6) is 0 Å². The third-order valence-electron chi connectivity index (χ3n) is 2.92. The van der Waals surface area contributed by atoms with E-state index in [2.05, 4.69) is 21.2 Å². The Balaban J connectivity index is 1.86. The number of hydrogen-bond acceptors (Lipinski definition) is 5. The molecular formula is C11H15N3O4. The largest absolute Gasteiger partial charge is 0.445 e. The Bertz CT molecular complexity index is 471. The molecule has 0 saturated carbocycles. The summed E-state index contributed by atoms with van der Waals surface area (Å²) < 4.78 is 9.42. The van der Waals surface area contributed by atoms with Crippen molar-refractivity contribution in [3.8, 4) is 0 Å². The molecule has 1 aromatic rings. The van der Waals surface area contributed by atoms with Gasteiger partial charge in [0, 0.05) is 19.0 Å². The van der Waals surface area contributed by atoms with Gasteiger partial charge in [-0.25, -0.2) is 9.59 Å².